The molecule has 1 saturated heterocycles. The van der Waals surface area contributed by atoms with Gasteiger partial charge in [-0.2, -0.15) is 4.37 Å². The van der Waals surface area contributed by atoms with Crippen molar-refractivity contribution >= 4 is 28.5 Å². The summed E-state index contributed by atoms with van der Waals surface area (Å²) in [5.41, 5.74) is 0.809. The zero-order chi connectivity index (χ0) is 23.1. The molecule has 0 saturated carbocycles. The number of nitrogens with zero attached hydrogens (tertiary/aromatic N) is 2. The molecule has 2 aromatic rings. The molecule has 1 fully saturated rings. The molecule has 2 amide bonds. The van der Waals surface area contributed by atoms with E-state index in [2.05, 4.69) is 19.9 Å². The van der Waals surface area contributed by atoms with E-state index < -0.39 is 12.0 Å². The Bertz CT molecular complexity index is 948. The minimum atomic E-state index is -1.28. The standard InChI is InChI=1S/C21H27FN4O5S/c1-13(11-26-5-7-30-8-6-26)10-23-21(29)24-19-17(20(27)28)18(25-32-19)31-12-15-4-3-14(2)16(22)9-15/h3-4,9,13H,5-8,10-12H2,1-2H3,(H,27,28)(H2,23,24,29). The molecule has 1 aliphatic rings. The molecule has 1 aliphatic heterocycles. The lowest BCUT2D eigenvalue weighted by Gasteiger charge is -2.29. The molecular formula is C21H27FN4O5S. The molecule has 1 atom stereocenters. The molecular weight excluding hydrogens is 439 g/mol. The SMILES string of the molecule is Cc1ccc(COc2nsc(NC(=O)NCC(C)CN3CCOCC3)c2C(=O)O)cc1F. The maximum Gasteiger partial charge on any atom is 0.344 e. The predicted molar refractivity (Wildman–Crippen MR) is 118 cm³/mol. The van der Waals surface area contributed by atoms with Gasteiger partial charge in [-0.25, -0.2) is 14.0 Å². The summed E-state index contributed by atoms with van der Waals surface area (Å²) in [6, 6.07) is 4.12. The first-order chi connectivity index (χ1) is 15.3. The van der Waals surface area contributed by atoms with Gasteiger partial charge in [0.15, 0.2) is 5.56 Å². The maximum atomic E-state index is 13.7. The fourth-order valence-corrected chi connectivity index (χ4v) is 3.95. The van der Waals surface area contributed by atoms with Crippen molar-refractivity contribution in [3.05, 3.63) is 40.7 Å². The van der Waals surface area contributed by atoms with Gasteiger partial charge >= 0.3 is 12.0 Å². The molecule has 2 heterocycles. The van der Waals surface area contributed by atoms with E-state index in [1.807, 2.05) is 6.92 Å². The number of rotatable bonds is 9. The van der Waals surface area contributed by atoms with Crippen LogP contribution in [0.25, 0.3) is 0 Å². The highest BCUT2D eigenvalue weighted by molar-refractivity contribution is 7.11. The van der Waals surface area contributed by atoms with Crippen molar-refractivity contribution in [2.24, 2.45) is 5.92 Å². The number of carbonyl (C=O) groups excluding carboxylic acids is 1. The van der Waals surface area contributed by atoms with Gasteiger partial charge in [-0.15, -0.1) is 0 Å². The Hall–Kier alpha value is -2.76. The van der Waals surface area contributed by atoms with Gasteiger partial charge in [-0.05, 0) is 41.6 Å². The molecule has 1 aromatic heterocycles. The summed E-state index contributed by atoms with van der Waals surface area (Å²) < 4.78 is 28.5. The van der Waals surface area contributed by atoms with Crippen molar-refractivity contribution in [2.75, 3.05) is 44.7 Å². The first kappa shape index (κ1) is 23.9. The Morgan fingerprint density at radius 3 is 2.81 bits per heavy atom. The molecule has 174 valence electrons. The Morgan fingerprint density at radius 2 is 2.12 bits per heavy atom. The number of amides is 2. The van der Waals surface area contributed by atoms with Crippen molar-refractivity contribution in [2.45, 2.75) is 20.5 Å². The predicted octanol–water partition coefficient (Wildman–Crippen LogP) is 2.96. The smallest absolute Gasteiger partial charge is 0.344 e. The van der Waals surface area contributed by atoms with Gasteiger partial charge in [-0.3, -0.25) is 10.2 Å². The molecule has 0 spiro atoms. The monoisotopic (exact) mass is 466 g/mol. The van der Waals surface area contributed by atoms with Crippen LogP contribution in [0.15, 0.2) is 18.2 Å². The normalized spacial score (nSPS) is 15.2. The van der Waals surface area contributed by atoms with Gasteiger partial charge in [-0.1, -0.05) is 19.1 Å². The van der Waals surface area contributed by atoms with Gasteiger partial charge in [0.2, 0.25) is 5.88 Å². The quantitative estimate of drug-likeness (QED) is 0.521. The van der Waals surface area contributed by atoms with Crippen molar-refractivity contribution in [3.8, 4) is 5.88 Å². The van der Waals surface area contributed by atoms with Crippen LogP contribution in [0.1, 0.15) is 28.4 Å². The van der Waals surface area contributed by atoms with Gasteiger partial charge in [0, 0.05) is 26.2 Å². The topological polar surface area (TPSA) is 113 Å². The first-order valence-electron chi connectivity index (χ1n) is 10.3. The van der Waals surface area contributed by atoms with Crippen molar-refractivity contribution < 1.29 is 28.6 Å². The van der Waals surface area contributed by atoms with Gasteiger partial charge < -0.3 is 19.9 Å². The summed E-state index contributed by atoms with van der Waals surface area (Å²) in [5.74, 6) is -1.56. The van der Waals surface area contributed by atoms with E-state index >= 15 is 0 Å². The third kappa shape index (κ3) is 6.62. The number of aryl methyl sites for hydroxylation is 1. The molecule has 3 rings (SSSR count). The molecule has 0 radical (unpaired) electrons. The van der Waals surface area contributed by atoms with E-state index in [9.17, 15) is 19.1 Å². The molecule has 3 N–H and O–H groups in total. The highest BCUT2D eigenvalue weighted by atomic mass is 32.1. The fourth-order valence-electron chi connectivity index (χ4n) is 3.23. The maximum absolute atomic E-state index is 13.7. The molecule has 32 heavy (non-hydrogen) atoms. The number of hydrogen-bond donors (Lipinski definition) is 3. The van der Waals surface area contributed by atoms with E-state index in [4.69, 9.17) is 9.47 Å². The lowest BCUT2D eigenvalue weighted by molar-refractivity contribution is 0.0320. The molecule has 9 nitrogen and oxygen atoms in total. The summed E-state index contributed by atoms with van der Waals surface area (Å²) >= 11 is 0.812. The largest absolute Gasteiger partial charge is 0.477 e. The molecule has 1 unspecified atom stereocenters. The summed E-state index contributed by atoms with van der Waals surface area (Å²) in [6.07, 6.45) is 0. The van der Waals surface area contributed by atoms with Crippen LogP contribution in [-0.4, -0.2) is 65.8 Å². The second-order valence-electron chi connectivity index (χ2n) is 7.72. The summed E-state index contributed by atoms with van der Waals surface area (Å²) in [5, 5.41) is 14.9. The zero-order valence-corrected chi connectivity index (χ0v) is 18.8. The summed E-state index contributed by atoms with van der Waals surface area (Å²) in [6.45, 7) is 8.08. The van der Waals surface area contributed by atoms with Crippen LogP contribution in [0.3, 0.4) is 0 Å². The number of aromatic carboxylic acids is 1. The number of hydrogen-bond acceptors (Lipinski definition) is 7. The van der Waals surface area contributed by atoms with Crippen LogP contribution in [0.5, 0.6) is 5.88 Å². The first-order valence-corrected chi connectivity index (χ1v) is 11.1. The highest BCUT2D eigenvalue weighted by Gasteiger charge is 2.24. The number of anilines is 1. The Morgan fingerprint density at radius 1 is 1.38 bits per heavy atom. The number of aromatic nitrogens is 1. The van der Waals surface area contributed by atoms with Crippen molar-refractivity contribution in [3.63, 3.8) is 0 Å². The van der Waals surface area contributed by atoms with Crippen molar-refractivity contribution in [1.82, 2.24) is 14.6 Å². The number of ether oxygens (including phenoxy) is 2. The van der Waals surface area contributed by atoms with E-state index in [1.54, 1.807) is 19.1 Å². The van der Waals surface area contributed by atoms with E-state index in [-0.39, 0.29) is 34.8 Å². The number of halogens is 1. The third-order valence-electron chi connectivity index (χ3n) is 5.00. The lowest BCUT2D eigenvalue weighted by Crippen LogP contribution is -2.42. The molecule has 0 aliphatic carbocycles. The van der Waals surface area contributed by atoms with Gasteiger partial charge in [0.25, 0.3) is 0 Å². The number of carbonyl (C=O) groups is 2. The highest BCUT2D eigenvalue weighted by Crippen LogP contribution is 2.31. The van der Waals surface area contributed by atoms with Gasteiger partial charge in [0.05, 0.1) is 13.2 Å². The average Bonchev–Trinajstić information content (AvgIpc) is 3.16. The molecule has 0 bridgehead atoms. The Labute approximate surface area is 189 Å². The second kappa shape index (κ2) is 11.2. The fraction of sp³-hybridized carbons (Fsp3) is 0.476. The van der Waals surface area contributed by atoms with E-state index in [0.29, 0.717) is 30.9 Å². The van der Waals surface area contributed by atoms with Crippen LogP contribution in [0, 0.1) is 18.7 Å². The average molecular weight is 467 g/mol. The van der Waals surface area contributed by atoms with E-state index in [1.165, 1.54) is 6.07 Å². The number of carboxylic acid groups (broad SMARTS) is 1. The number of carboxylic acids is 1. The minimum absolute atomic E-state index is 0.0497. The Kier molecular flexibility index (Phi) is 8.37. The Balaban J connectivity index is 1.54. The summed E-state index contributed by atoms with van der Waals surface area (Å²) in [4.78, 5) is 26.3. The van der Waals surface area contributed by atoms with Crippen LogP contribution in [0.4, 0.5) is 14.2 Å². The van der Waals surface area contributed by atoms with Crippen LogP contribution in [0.2, 0.25) is 0 Å². The molecule has 11 heteroatoms. The van der Waals surface area contributed by atoms with E-state index in [0.717, 1.165) is 31.2 Å². The number of morpholine rings is 1. The second-order valence-corrected chi connectivity index (χ2v) is 8.50. The molecule has 1 aromatic carbocycles. The number of benzene rings is 1. The van der Waals surface area contributed by atoms with Crippen LogP contribution >= 0.6 is 11.5 Å². The van der Waals surface area contributed by atoms with Crippen LogP contribution < -0.4 is 15.4 Å². The van der Waals surface area contributed by atoms with Gasteiger partial charge in [0.1, 0.15) is 17.4 Å². The van der Waals surface area contributed by atoms with Crippen LogP contribution in [-0.2, 0) is 11.3 Å². The third-order valence-corrected chi connectivity index (χ3v) is 5.74. The minimum Gasteiger partial charge on any atom is -0.477 e. The number of urea groups is 1. The zero-order valence-electron chi connectivity index (χ0n) is 18.0. The lowest BCUT2D eigenvalue weighted by atomic mass is 10.1. The summed E-state index contributed by atoms with van der Waals surface area (Å²) in [7, 11) is 0. The number of nitrogens with one attached hydrogen (secondary N) is 2. The van der Waals surface area contributed by atoms with Crippen molar-refractivity contribution in [1.29, 1.82) is 0 Å².